The molecule has 25 heavy (non-hydrogen) atoms. The van der Waals surface area contributed by atoms with E-state index in [1.165, 1.54) is 23.8 Å². The number of nitro benzene ring substituents is 1. The van der Waals surface area contributed by atoms with Crippen LogP contribution in [0.2, 0.25) is 5.02 Å². The topological polar surface area (TPSA) is 81.5 Å². The lowest BCUT2D eigenvalue weighted by Gasteiger charge is -2.15. The molecular weight excluding hydrogens is 344 g/mol. The summed E-state index contributed by atoms with van der Waals surface area (Å²) in [6.45, 7) is 3.74. The first-order valence-electron chi connectivity index (χ1n) is 7.85. The predicted octanol–water partition coefficient (Wildman–Crippen LogP) is 4.07. The Balaban J connectivity index is 1.90. The van der Waals surface area contributed by atoms with E-state index in [1.54, 1.807) is 0 Å². The van der Waals surface area contributed by atoms with Gasteiger partial charge in [0, 0.05) is 12.1 Å². The second-order valence-electron chi connectivity index (χ2n) is 5.54. The number of amides is 1. The van der Waals surface area contributed by atoms with Gasteiger partial charge in [0.25, 0.3) is 11.6 Å². The first-order valence-corrected chi connectivity index (χ1v) is 8.23. The Morgan fingerprint density at radius 2 is 1.96 bits per heavy atom. The number of carbonyl (C=O) groups is 1. The number of ether oxygens (including phenoxy) is 1. The molecule has 1 atom stereocenters. The molecule has 7 heteroatoms. The van der Waals surface area contributed by atoms with Crippen LogP contribution in [-0.2, 0) is 11.2 Å². The zero-order valence-corrected chi connectivity index (χ0v) is 14.7. The van der Waals surface area contributed by atoms with E-state index in [0.717, 1.165) is 12.0 Å². The second-order valence-corrected chi connectivity index (χ2v) is 5.95. The van der Waals surface area contributed by atoms with Crippen molar-refractivity contribution in [3.05, 3.63) is 68.7 Å². The van der Waals surface area contributed by atoms with E-state index in [2.05, 4.69) is 12.2 Å². The molecule has 0 saturated carbocycles. The zero-order chi connectivity index (χ0) is 18.4. The Hall–Kier alpha value is -2.60. The van der Waals surface area contributed by atoms with Gasteiger partial charge in [-0.3, -0.25) is 14.9 Å². The first-order chi connectivity index (χ1) is 11.9. The number of aryl methyl sites for hydroxylation is 1. The number of halogens is 1. The van der Waals surface area contributed by atoms with Crippen LogP contribution >= 0.6 is 11.6 Å². The molecule has 0 fully saturated rings. The van der Waals surface area contributed by atoms with Crippen LogP contribution in [-0.4, -0.2) is 17.4 Å². The lowest BCUT2D eigenvalue weighted by molar-refractivity contribution is -0.384. The van der Waals surface area contributed by atoms with E-state index in [0.29, 0.717) is 0 Å². The van der Waals surface area contributed by atoms with Gasteiger partial charge in [-0.05, 0) is 30.5 Å². The molecule has 0 bridgehead atoms. The van der Waals surface area contributed by atoms with Crippen LogP contribution in [0.3, 0.4) is 0 Å². The molecule has 1 N–H and O–H groups in total. The van der Waals surface area contributed by atoms with E-state index < -0.39 is 4.92 Å². The fourth-order valence-corrected chi connectivity index (χ4v) is 2.50. The van der Waals surface area contributed by atoms with E-state index in [9.17, 15) is 14.9 Å². The molecule has 0 unspecified atom stereocenters. The third-order valence-corrected chi connectivity index (χ3v) is 4.05. The molecule has 0 aliphatic rings. The van der Waals surface area contributed by atoms with Crippen LogP contribution in [0.25, 0.3) is 0 Å². The van der Waals surface area contributed by atoms with Gasteiger partial charge >= 0.3 is 0 Å². The Labute approximate surface area is 150 Å². The van der Waals surface area contributed by atoms with Gasteiger partial charge in [0.05, 0.1) is 16.0 Å². The summed E-state index contributed by atoms with van der Waals surface area (Å²) in [6.07, 6.45) is 0.963. The molecule has 0 saturated heterocycles. The maximum Gasteiger partial charge on any atom is 0.271 e. The maximum absolute atomic E-state index is 12.0. The molecule has 132 valence electrons. The monoisotopic (exact) mass is 362 g/mol. The maximum atomic E-state index is 12.0. The van der Waals surface area contributed by atoms with E-state index in [1.807, 2.05) is 31.2 Å². The number of hydrogen-bond donors (Lipinski definition) is 1. The van der Waals surface area contributed by atoms with Gasteiger partial charge in [0.2, 0.25) is 0 Å². The van der Waals surface area contributed by atoms with Crippen molar-refractivity contribution in [2.24, 2.45) is 0 Å². The highest BCUT2D eigenvalue weighted by Gasteiger charge is 2.13. The van der Waals surface area contributed by atoms with Crippen LogP contribution in [0.5, 0.6) is 5.75 Å². The summed E-state index contributed by atoms with van der Waals surface area (Å²) in [6, 6.07) is 11.7. The average molecular weight is 363 g/mol. The number of hydrogen-bond acceptors (Lipinski definition) is 4. The van der Waals surface area contributed by atoms with Gasteiger partial charge in [0.15, 0.2) is 6.61 Å². The fraction of sp³-hybridized carbons (Fsp3) is 0.278. The smallest absolute Gasteiger partial charge is 0.271 e. The van der Waals surface area contributed by atoms with Crippen LogP contribution in [0, 0.1) is 10.1 Å². The molecular formula is C18H19ClN2O4. The number of non-ortho nitro benzene ring substituents is 1. The summed E-state index contributed by atoms with van der Waals surface area (Å²) in [7, 11) is 0. The van der Waals surface area contributed by atoms with Crippen molar-refractivity contribution in [2.45, 2.75) is 26.3 Å². The summed E-state index contributed by atoms with van der Waals surface area (Å²) in [5.74, 6) is -0.0798. The third-order valence-electron chi connectivity index (χ3n) is 3.75. The van der Waals surface area contributed by atoms with Crippen molar-refractivity contribution in [1.29, 1.82) is 0 Å². The summed E-state index contributed by atoms with van der Waals surface area (Å²) in [5, 5.41) is 13.6. The van der Waals surface area contributed by atoms with Crippen molar-refractivity contribution >= 4 is 23.2 Å². The van der Waals surface area contributed by atoms with E-state index >= 15 is 0 Å². The fourth-order valence-electron chi connectivity index (χ4n) is 2.27. The minimum absolute atomic E-state index is 0.0882. The first kappa shape index (κ1) is 18.7. The number of nitrogens with one attached hydrogen (secondary N) is 1. The second kappa shape index (κ2) is 8.48. The summed E-state index contributed by atoms with van der Waals surface area (Å²) in [5.41, 5.74) is 2.10. The van der Waals surface area contributed by atoms with Crippen molar-refractivity contribution < 1.29 is 14.5 Å². The normalized spacial score (nSPS) is 11.6. The van der Waals surface area contributed by atoms with Gasteiger partial charge in [0.1, 0.15) is 5.75 Å². The molecule has 0 aliphatic carbocycles. The molecule has 0 heterocycles. The molecule has 1 amide bonds. The van der Waals surface area contributed by atoms with Crippen molar-refractivity contribution in [3.63, 3.8) is 0 Å². The lowest BCUT2D eigenvalue weighted by atomic mass is 10.1. The van der Waals surface area contributed by atoms with Crippen molar-refractivity contribution in [1.82, 2.24) is 5.32 Å². The highest BCUT2D eigenvalue weighted by atomic mass is 35.5. The van der Waals surface area contributed by atoms with Crippen LogP contribution < -0.4 is 10.1 Å². The predicted molar refractivity (Wildman–Crippen MR) is 96.0 cm³/mol. The molecule has 2 aromatic carbocycles. The minimum atomic E-state index is -0.548. The summed E-state index contributed by atoms with van der Waals surface area (Å²) >= 11 is 5.93. The SMILES string of the molecule is CCc1ccc([C@H](C)NC(=O)COc2ccc([N+](=O)[O-])cc2Cl)cc1. The average Bonchev–Trinajstić information content (AvgIpc) is 2.60. The standard InChI is InChI=1S/C18H19ClN2O4/c1-3-13-4-6-14(7-5-13)12(2)20-18(22)11-25-17-9-8-15(21(23)24)10-16(17)19/h4-10,12H,3,11H2,1-2H3,(H,20,22)/t12-/m0/s1. The number of nitro groups is 1. The van der Waals surface area contributed by atoms with Crippen molar-refractivity contribution in [2.75, 3.05) is 6.61 Å². The quantitative estimate of drug-likeness (QED) is 0.594. The number of benzene rings is 2. The Morgan fingerprint density at radius 3 is 2.52 bits per heavy atom. The van der Waals surface area contributed by atoms with Gasteiger partial charge in [-0.1, -0.05) is 42.8 Å². The highest BCUT2D eigenvalue weighted by Crippen LogP contribution is 2.28. The summed E-state index contributed by atoms with van der Waals surface area (Å²) in [4.78, 5) is 22.1. The number of carbonyl (C=O) groups excluding carboxylic acids is 1. The minimum Gasteiger partial charge on any atom is -0.482 e. The molecule has 6 nitrogen and oxygen atoms in total. The van der Waals surface area contributed by atoms with E-state index in [4.69, 9.17) is 16.3 Å². The van der Waals surface area contributed by atoms with Crippen LogP contribution in [0.4, 0.5) is 5.69 Å². The molecule has 0 spiro atoms. The third kappa shape index (κ3) is 5.19. The molecule has 0 radical (unpaired) electrons. The Morgan fingerprint density at radius 1 is 1.28 bits per heavy atom. The van der Waals surface area contributed by atoms with Gasteiger partial charge in [-0.2, -0.15) is 0 Å². The molecule has 2 aromatic rings. The number of rotatable bonds is 7. The van der Waals surface area contributed by atoms with Gasteiger partial charge < -0.3 is 10.1 Å². The highest BCUT2D eigenvalue weighted by molar-refractivity contribution is 6.32. The van der Waals surface area contributed by atoms with Crippen molar-refractivity contribution in [3.8, 4) is 5.75 Å². The lowest BCUT2D eigenvalue weighted by Crippen LogP contribution is -2.31. The van der Waals surface area contributed by atoms with Crippen LogP contribution in [0.15, 0.2) is 42.5 Å². The zero-order valence-electron chi connectivity index (χ0n) is 14.0. The van der Waals surface area contributed by atoms with Crippen LogP contribution in [0.1, 0.15) is 31.0 Å². The molecule has 2 rings (SSSR count). The van der Waals surface area contributed by atoms with Gasteiger partial charge in [-0.15, -0.1) is 0 Å². The van der Waals surface area contributed by atoms with E-state index in [-0.39, 0.29) is 35.0 Å². The summed E-state index contributed by atoms with van der Waals surface area (Å²) < 4.78 is 5.34. The Bertz CT molecular complexity index is 762. The number of nitrogens with zero attached hydrogens (tertiary/aromatic N) is 1. The van der Waals surface area contributed by atoms with Gasteiger partial charge in [-0.25, -0.2) is 0 Å². The Kier molecular flexibility index (Phi) is 6.36. The molecule has 0 aromatic heterocycles. The molecule has 0 aliphatic heterocycles. The largest absolute Gasteiger partial charge is 0.482 e.